The minimum Gasteiger partial charge on any atom is -0.280 e. The lowest BCUT2D eigenvalue weighted by Crippen LogP contribution is -2.26. The van der Waals surface area contributed by atoms with Gasteiger partial charge in [-0.25, -0.2) is 16.8 Å². The summed E-state index contributed by atoms with van der Waals surface area (Å²) in [6.07, 6.45) is -4.88. The van der Waals surface area contributed by atoms with Crippen LogP contribution in [0.25, 0.3) is 0 Å². The molecule has 0 fully saturated rings. The molecule has 0 amide bonds. The summed E-state index contributed by atoms with van der Waals surface area (Å²) in [5.74, 6) is 0. The normalized spacial score (nSPS) is 12.4. The molecule has 1 N–H and O–H groups in total. The number of hydrogen-bond donors (Lipinski definition) is 1. The molecule has 0 spiro atoms. The van der Waals surface area contributed by atoms with E-state index in [2.05, 4.69) is 0 Å². The number of nitrogens with zero attached hydrogens (tertiary/aromatic N) is 1. The molecule has 6 nitrogen and oxygen atoms in total. The summed E-state index contributed by atoms with van der Waals surface area (Å²) < 4.78 is 93.7. The average molecular weight is 470 g/mol. The van der Waals surface area contributed by atoms with Crippen LogP contribution >= 0.6 is 0 Å². The molecule has 0 aliphatic rings. The van der Waals surface area contributed by atoms with Crippen LogP contribution in [0.4, 0.5) is 24.5 Å². The van der Waals surface area contributed by atoms with E-state index >= 15 is 0 Å². The predicted molar refractivity (Wildman–Crippen MR) is 111 cm³/mol. The molecule has 0 aromatic heterocycles. The van der Waals surface area contributed by atoms with Crippen molar-refractivity contribution in [3.05, 3.63) is 84.4 Å². The zero-order valence-electron chi connectivity index (χ0n) is 16.0. The maximum absolute atomic E-state index is 13.2. The van der Waals surface area contributed by atoms with E-state index in [-0.39, 0.29) is 10.6 Å². The predicted octanol–water partition coefficient (Wildman–Crippen LogP) is 4.33. The third kappa shape index (κ3) is 4.83. The Morgan fingerprint density at radius 2 is 1.42 bits per heavy atom. The van der Waals surface area contributed by atoms with Gasteiger partial charge in [-0.05, 0) is 42.5 Å². The fourth-order valence-corrected chi connectivity index (χ4v) is 5.32. The molecule has 0 radical (unpaired) electrons. The van der Waals surface area contributed by atoms with Crippen molar-refractivity contribution in [3.8, 4) is 0 Å². The number of halogens is 3. The van der Waals surface area contributed by atoms with Gasteiger partial charge in [0.25, 0.3) is 20.0 Å². The van der Waals surface area contributed by atoms with Crippen molar-refractivity contribution in [2.45, 2.75) is 16.0 Å². The Morgan fingerprint density at radius 3 is 2.06 bits per heavy atom. The lowest BCUT2D eigenvalue weighted by Gasteiger charge is -2.20. The first kappa shape index (κ1) is 22.6. The molecule has 0 unspecified atom stereocenters. The van der Waals surface area contributed by atoms with E-state index in [1.165, 1.54) is 31.3 Å². The number of nitrogens with one attached hydrogen (secondary N) is 1. The largest absolute Gasteiger partial charge is 0.417 e. The number of rotatable bonds is 6. The van der Waals surface area contributed by atoms with Crippen LogP contribution in [0.1, 0.15) is 5.56 Å². The highest BCUT2D eigenvalue weighted by molar-refractivity contribution is 7.93. The summed E-state index contributed by atoms with van der Waals surface area (Å²) in [6.45, 7) is 0. The molecule has 3 aromatic carbocycles. The van der Waals surface area contributed by atoms with E-state index in [0.717, 1.165) is 22.5 Å². The van der Waals surface area contributed by atoms with Gasteiger partial charge in [0, 0.05) is 7.05 Å². The molecule has 11 heteroatoms. The van der Waals surface area contributed by atoms with Crippen LogP contribution in [0.3, 0.4) is 0 Å². The smallest absolute Gasteiger partial charge is 0.280 e. The number of benzene rings is 3. The first-order chi connectivity index (χ1) is 14.4. The van der Waals surface area contributed by atoms with E-state index in [1.807, 2.05) is 4.72 Å². The summed E-state index contributed by atoms with van der Waals surface area (Å²) in [4.78, 5) is -1.19. The lowest BCUT2D eigenvalue weighted by molar-refractivity contribution is -0.139. The standard InChI is InChI=1S/C20H17F3N2O4S2/c1-25(16-9-3-2-4-10-16)31(28,29)17-11-7-8-15(14-17)24-30(26,27)19-13-6-5-12-18(19)20(21,22)23/h2-14,24H,1H3. The summed E-state index contributed by atoms with van der Waals surface area (Å²) in [5.41, 5.74) is -1.14. The molecule has 164 valence electrons. The molecule has 3 aromatic rings. The van der Waals surface area contributed by atoms with E-state index < -0.39 is 36.7 Å². The molecule has 0 saturated heterocycles. The first-order valence-electron chi connectivity index (χ1n) is 8.76. The second-order valence-corrected chi connectivity index (χ2v) is 10.1. The Balaban J connectivity index is 1.96. The van der Waals surface area contributed by atoms with Crippen molar-refractivity contribution in [3.63, 3.8) is 0 Å². The first-order valence-corrected chi connectivity index (χ1v) is 11.7. The maximum atomic E-state index is 13.2. The van der Waals surface area contributed by atoms with Gasteiger partial charge >= 0.3 is 6.18 Å². The van der Waals surface area contributed by atoms with Crippen molar-refractivity contribution < 1.29 is 30.0 Å². The zero-order chi connectivity index (χ0) is 22.9. The third-order valence-electron chi connectivity index (χ3n) is 4.35. The molecule has 0 atom stereocenters. The lowest BCUT2D eigenvalue weighted by atomic mass is 10.2. The van der Waals surface area contributed by atoms with Crippen molar-refractivity contribution in [1.29, 1.82) is 0 Å². The minimum absolute atomic E-state index is 0.195. The van der Waals surface area contributed by atoms with Crippen LogP contribution in [0.5, 0.6) is 0 Å². The number of sulfonamides is 2. The van der Waals surface area contributed by atoms with Crippen molar-refractivity contribution >= 4 is 31.4 Å². The van der Waals surface area contributed by atoms with Crippen LogP contribution in [-0.2, 0) is 26.2 Å². The minimum atomic E-state index is -4.88. The average Bonchev–Trinajstić information content (AvgIpc) is 2.73. The number of hydrogen-bond acceptors (Lipinski definition) is 4. The van der Waals surface area contributed by atoms with Gasteiger partial charge in [-0.3, -0.25) is 9.03 Å². The molecule has 0 aliphatic heterocycles. The highest BCUT2D eigenvalue weighted by Gasteiger charge is 2.37. The van der Waals surface area contributed by atoms with E-state index in [0.29, 0.717) is 11.8 Å². The zero-order valence-corrected chi connectivity index (χ0v) is 17.7. The molecule has 0 aliphatic carbocycles. The quantitative estimate of drug-likeness (QED) is 0.581. The van der Waals surface area contributed by atoms with Gasteiger partial charge in [-0.2, -0.15) is 13.2 Å². The molecule has 0 saturated carbocycles. The summed E-state index contributed by atoms with van der Waals surface area (Å²) in [6, 6.07) is 16.8. The highest BCUT2D eigenvalue weighted by Crippen LogP contribution is 2.35. The monoisotopic (exact) mass is 470 g/mol. The molecular formula is C20H17F3N2O4S2. The van der Waals surface area contributed by atoms with Crippen LogP contribution in [0.2, 0.25) is 0 Å². The van der Waals surface area contributed by atoms with E-state index in [4.69, 9.17) is 0 Å². The Hall–Kier alpha value is -3.05. The van der Waals surface area contributed by atoms with Gasteiger partial charge in [0.05, 0.1) is 26.7 Å². The van der Waals surface area contributed by atoms with E-state index in [9.17, 15) is 30.0 Å². The Bertz CT molecular complexity index is 1290. The van der Waals surface area contributed by atoms with Crippen molar-refractivity contribution in [1.82, 2.24) is 0 Å². The van der Waals surface area contributed by atoms with Crippen LogP contribution in [-0.4, -0.2) is 23.9 Å². The van der Waals surface area contributed by atoms with Gasteiger partial charge in [0.15, 0.2) is 0 Å². The maximum Gasteiger partial charge on any atom is 0.417 e. The fourth-order valence-electron chi connectivity index (χ4n) is 2.80. The Morgan fingerprint density at radius 1 is 0.806 bits per heavy atom. The highest BCUT2D eigenvalue weighted by atomic mass is 32.2. The summed E-state index contributed by atoms with van der Waals surface area (Å²) in [5, 5.41) is 0. The van der Waals surface area contributed by atoms with Gasteiger partial charge in [0.2, 0.25) is 0 Å². The molecule has 31 heavy (non-hydrogen) atoms. The SMILES string of the molecule is CN(c1ccccc1)S(=O)(=O)c1cccc(NS(=O)(=O)c2ccccc2C(F)(F)F)c1. The van der Waals surface area contributed by atoms with Crippen LogP contribution in [0.15, 0.2) is 88.7 Å². The molecule has 3 rings (SSSR count). The van der Waals surface area contributed by atoms with Crippen molar-refractivity contribution in [2.24, 2.45) is 0 Å². The Kier molecular flexibility index (Phi) is 6.01. The van der Waals surface area contributed by atoms with Gasteiger partial charge in [0.1, 0.15) is 0 Å². The molecular weight excluding hydrogens is 453 g/mol. The van der Waals surface area contributed by atoms with Crippen molar-refractivity contribution in [2.75, 3.05) is 16.1 Å². The molecule has 0 bridgehead atoms. The number of alkyl halides is 3. The van der Waals surface area contributed by atoms with Crippen LogP contribution in [0, 0.1) is 0 Å². The second-order valence-electron chi connectivity index (χ2n) is 6.44. The summed E-state index contributed by atoms with van der Waals surface area (Å²) >= 11 is 0. The van der Waals surface area contributed by atoms with Gasteiger partial charge in [-0.1, -0.05) is 36.4 Å². The second kappa shape index (κ2) is 8.23. The van der Waals surface area contributed by atoms with Crippen LogP contribution < -0.4 is 9.03 Å². The summed E-state index contributed by atoms with van der Waals surface area (Å²) in [7, 11) is -7.35. The Labute approximate surface area is 178 Å². The third-order valence-corrected chi connectivity index (χ3v) is 7.57. The van der Waals surface area contributed by atoms with Gasteiger partial charge < -0.3 is 0 Å². The molecule has 0 heterocycles. The topological polar surface area (TPSA) is 83.6 Å². The van der Waals surface area contributed by atoms with E-state index in [1.54, 1.807) is 30.3 Å². The number of anilines is 2. The van der Waals surface area contributed by atoms with Gasteiger partial charge in [-0.15, -0.1) is 0 Å². The fraction of sp³-hybridized carbons (Fsp3) is 0.100. The number of para-hydroxylation sites is 1.